The van der Waals surface area contributed by atoms with Crippen molar-refractivity contribution in [3.8, 4) is 0 Å². The Kier molecular flexibility index (Phi) is 9.27. The summed E-state index contributed by atoms with van der Waals surface area (Å²) in [6.45, 7) is 4.09. The number of anilines is 1. The number of ether oxygens (including phenoxy) is 1. The van der Waals surface area contributed by atoms with Crippen LogP contribution in [0.5, 0.6) is 0 Å². The van der Waals surface area contributed by atoms with Crippen LogP contribution in [0.25, 0.3) is 0 Å². The summed E-state index contributed by atoms with van der Waals surface area (Å²) in [5, 5.41) is 0. The smallest absolute Gasteiger partial charge is 0.310 e. The van der Waals surface area contributed by atoms with Gasteiger partial charge in [-0.3, -0.25) is 4.79 Å². The number of esters is 1. The quantitative estimate of drug-likeness (QED) is 0.370. The molecule has 0 aromatic heterocycles. The number of nitrogens with zero attached hydrogens (tertiary/aromatic N) is 1. The van der Waals surface area contributed by atoms with Crippen molar-refractivity contribution in [3.63, 3.8) is 0 Å². The molecule has 0 saturated heterocycles. The Hall–Kier alpha value is -0.930. The lowest BCUT2D eigenvalue weighted by Crippen LogP contribution is -2.27. The molecule has 1 aromatic carbocycles. The Morgan fingerprint density at radius 1 is 1.14 bits per heavy atom. The molecule has 0 N–H and O–H groups in total. The fourth-order valence-electron chi connectivity index (χ4n) is 1.95. The van der Waals surface area contributed by atoms with E-state index in [1.165, 1.54) is 0 Å². The first kappa shape index (κ1) is 18.1. The molecule has 0 radical (unpaired) electrons. The highest BCUT2D eigenvalue weighted by molar-refractivity contribution is 6.18. The van der Waals surface area contributed by atoms with Gasteiger partial charge in [0.15, 0.2) is 0 Å². The molecule has 1 rings (SSSR count). The van der Waals surface area contributed by atoms with Crippen molar-refractivity contribution in [1.29, 1.82) is 0 Å². The predicted molar refractivity (Wildman–Crippen MR) is 89.7 cm³/mol. The molecule has 0 aliphatic heterocycles. The number of benzene rings is 1. The van der Waals surface area contributed by atoms with Crippen molar-refractivity contribution in [1.82, 2.24) is 0 Å². The molecule has 0 fully saturated rings. The van der Waals surface area contributed by atoms with E-state index in [9.17, 15) is 4.79 Å². The third kappa shape index (κ3) is 7.05. The molecule has 0 aliphatic rings. The minimum absolute atomic E-state index is 0.172. The van der Waals surface area contributed by atoms with E-state index in [0.29, 0.717) is 24.8 Å². The number of carbonyl (C=O) groups is 1. The molecule has 21 heavy (non-hydrogen) atoms. The largest absolute Gasteiger partial charge is 0.465 e. The Balaban J connectivity index is 2.54. The third-order valence-corrected chi connectivity index (χ3v) is 3.46. The first-order valence-electron chi connectivity index (χ1n) is 7.32. The molecule has 0 spiro atoms. The van der Waals surface area contributed by atoms with Gasteiger partial charge in [-0.25, -0.2) is 0 Å². The minimum atomic E-state index is -0.172. The number of rotatable bonds is 10. The summed E-state index contributed by atoms with van der Waals surface area (Å²) >= 11 is 11.6. The Morgan fingerprint density at radius 3 is 2.29 bits per heavy atom. The van der Waals surface area contributed by atoms with E-state index in [-0.39, 0.29) is 5.97 Å². The first-order chi connectivity index (χ1) is 10.2. The van der Waals surface area contributed by atoms with Crippen LogP contribution in [-0.4, -0.2) is 37.4 Å². The highest BCUT2D eigenvalue weighted by Gasteiger charge is 2.07. The number of halogens is 2. The summed E-state index contributed by atoms with van der Waals surface area (Å²) in [5.41, 5.74) is 2.02. The molecule has 0 heterocycles. The van der Waals surface area contributed by atoms with E-state index in [1.807, 2.05) is 24.3 Å². The van der Waals surface area contributed by atoms with Crippen molar-refractivity contribution in [2.75, 3.05) is 36.4 Å². The van der Waals surface area contributed by atoms with Crippen LogP contribution in [0, 0.1) is 0 Å². The van der Waals surface area contributed by atoms with Gasteiger partial charge in [-0.15, -0.1) is 23.2 Å². The Bertz CT molecular complexity index is 403. The number of unbranched alkanes of at least 4 members (excludes halogenated alkanes) is 1. The molecule has 0 saturated carbocycles. The zero-order valence-corrected chi connectivity index (χ0v) is 14.0. The summed E-state index contributed by atoms with van der Waals surface area (Å²) < 4.78 is 5.16. The molecule has 0 bridgehead atoms. The van der Waals surface area contributed by atoms with Gasteiger partial charge in [-0.05, 0) is 24.1 Å². The second-order valence-corrected chi connectivity index (χ2v) is 5.54. The predicted octanol–water partition coefficient (Wildman–Crippen LogP) is 3.86. The van der Waals surface area contributed by atoms with Crippen LogP contribution in [0.1, 0.15) is 25.3 Å². The van der Waals surface area contributed by atoms with Gasteiger partial charge in [0.1, 0.15) is 0 Å². The van der Waals surface area contributed by atoms with Crippen molar-refractivity contribution < 1.29 is 9.53 Å². The van der Waals surface area contributed by atoms with Gasteiger partial charge < -0.3 is 9.64 Å². The summed E-state index contributed by atoms with van der Waals surface area (Å²) in [4.78, 5) is 13.8. The molecule has 1 aromatic rings. The maximum absolute atomic E-state index is 11.6. The average molecular weight is 332 g/mol. The summed E-state index contributed by atoms with van der Waals surface area (Å²) in [5.74, 6) is 0.944. The number of carbonyl (C=O) groups excluding carboxylic acids is 1. The highest BCUT2D eigenvalue weighted by Crippen LogP contribution is 2.16. The van der Waals surface area contributed by atoms with Crippen molar-refractivity contribution in [2.45, 2.75) is 26.2 Å². The van der Waals surface area contributed by atoms with Gasteiger partial charge in [0.2, 0.25) is 0 Å². The highest BCUT2D eigenvalue weighted by atomic mass is 35.5. The lowest BCUT2D eigenvalue weighted by molar-refractivity contribution is -0.142. The minimum Gasteiger partial charge on any atom is -0.465 e. The summed E-state index contributed by atoms with van der Waals surface area (Å²) in [7, 11) is 0. The maximum atomic E-state index is 11.6. The Morgan fingerprint density at radius 2 is 1.76 bits per heavy atom. The van der Waals surface area contributed by atoms with Crippen LogP contribution < -0.4 is 4.90 Å². The van der Waals surface area contributed by atoms with Gasteiger partial charge in [0, 0.05) is 30.5 Å². The number of alkyl halides is 2. The third-order valence-electron chi connectivity index (χ3n) is 3.12. The van der Waals surface area contributed by atoms with Crippen molar-refractivity contribution >= 4 is 34.9 Å². The second kappa shape index (κ2) is 10.7. The topological polar surface area (TPSA) is 29.5 Å². The fourth-order valence-corrected chi connectivity index (χ4v) is 2.35. The van der Waals surface area contributed by atoms with E-state index in [0.717, 1.165) is 37.2 Å². The van der Waals surface area contributed by atoms with E-state index in [2.05, 4.69) is 11.8 Å². The second-order valence-electron chi connectivity index (χ2n) is 4.78. The average Bonchev–Trinajstić information content (AvgIpc) is 2.48. The van der Waals surface area contributed by atoms with Gasteiger partial charge >= 0.3 is 5.97 Å². The SMILES string of the molecule is CCCCOC(=O)Cc1ccc(N(CCCl)CCCl)cc1. The molecule has 0 amide bonds. The Labute approximate surface area is 137 Å². The maximum Gasteiger partial charge on any atom is 0.310 e. The molecule has 0 unspecified atom stereocenters. The summed E-state index contributed by atoms with van der Waals surface area (Å²) in [6, 6.07) is 7.89. The fraction of sp³-hybridized carbons (Fsp3) is 0.562. The van der Waals surface area contributed by atoms with Gasteiger partial charge in [-0.1, -0.05) is 25.5 Å². The van der Waals surface area contributed by atoms with E-state index >= 15 is 0 Å². The van der Waals surface area contributed by atoms with Crippen LogP contribution in [0.2, 0.25) is 0 Å². The van der Waals surface area contributed by atoms with Crippen LogP contribution in [0.15, 0.2) is 24.3 Å². The number of hydrogen-bond donors (Lipinski definition) is 0. The molecule has 0 aliphatic carbocycles. The van der Waals surface area contributed by atoms with Gasteiger partial charge in [0.05, 0.1) is 13.0 Å². The molecule has 0 atom stereocenters. The molecule has 5 heteroatoms. The van der Waals surface area contributed by atoms with Crippen LogP contribution in [0.4, 0.5) is 5.69 Å². The molecule has 3 nitrogen and oxygen atoms in total. The van der Waals surface area contributed by atoms with Crippen LogP contribution >= 0.6 is 23.2 Å². The summed E-state index contributed by atoms with van der Waals surface area (Å²) in [6.07, 6.45) is 2.25. The molecule has 118 valence electrons. The van der Waals surface area contributed by atoms with E-state index < -0.39 is 0 Å². The normalized spacial score (nSPS) is 10.4. The van der Waals surface area contributed by atoms with Crippen molar-refractivity contribution in [3.05, 3.63) is 29.8 Å². The lowest BCUT2D eigenvalue weighted by atomic mass is 10.1. The van der Waals surface area contributed by atoms with Crippen LogP contribution in [-0.2, 0) is 16.0 Å². The van der Waals surface area contributed by atoms with Gasteiger partial charge in [0.25, 0.3) is 0 Å². The lowest BCUT2D eigenvalue weighted by Gasteiger charge is -2.23. The van der Waals surface area contributed by atoms with Crippen LogP contribution in [0.3, 0.4) is 0 Å². The zero-order valence-electron chi connectivity index (χ0n) is 12.5. The van der Waals surface area contributed by atoms with Crippen molar-refractivity contribution in [2.24, 2.45) is 0 Å². The standard InChI is InChI=1S/C16H23Cl2NO2/c1-2-3-12-21-16(20)13-14-4-6-15(7-5-14)19(10-8-17)11-9-18/h4-7H,2-3,8-13H2,1H3. The number of hydrogen-bond acceptors (Lipinski definition) is 3. The van der Waals surface area contributed by atoms with E-state index in [1.54, 1.807) is 0 Å². The molecular weight excluding hydrogens is 309 g/mol. The van der Waals surface area contributed by atoms with Gasteiger partial charge in [-0.2, -0.15) is 0 Å². The zero-order chi connectivity index (χ0) is 15.5. The first-order valence-corrected chi connectivity index (χ1v) is 8.39. The monoisotopic (exact) mass is 331 g/mol. The van der Waals surface area contributed by atoms with E-state index in [4.69, 9.17) is 27.9 Å². The molecular formula is C16H23Cl2NO2.